The molecule has 0 aromatic carbocycles. The van der Waals surface area contributed by atoms with Crippen molar-refractivity contribution < 1.29 is 9.53 Å². The molecule has 0 aromatic heterocycles. The first-order valence-corrected chi connectivity index (χ1v) is 6.26. The number of rotatable bonds is 4. The van der Waals surface area contributed by atoms with Gasteiger partial charge in [0.05, 0.1) is 5.60 Å². The maximum atomic E-state index is 11.9. The number of piperazine rings is 1. The first kappa shape index (κ1) is 14.4. The maximum Gasteiger partial charge on any atom is 0.248 e. The minimum Gasteiger partial charge on any atom is -0.366 e. The second kappa shape index (κ2) is 6.33. The number of carbonyl (C=O) groups is 1. The topological polar surface area (TPSA) is 58.8 Å². The predicted octanol–water partition coefficient (Wildman–Crippen LogP) is -0.0956. The molecule has 100 valence electrons. The van der Waals surface area contributed by atoms with Crippen LogP contribution in [-0.2, 0) is 9.53 Å². The van der Waals surface area contributed by atoms with Crippen molar-refractivity contribution in [1.29, 1.82) is 0 Å². The van der Waals surface area contributed by atoms with Gasteiger partial charge in [0.15, 0.2) is 0 Å². The van der Waals surface area contributed by atoms with Gasteiger partial charge in [-0.15, -0.1) is 0 Å². The molecular formula is C12H25N3O2. The second-order valence-corrected chi connectivity index (χ2v) is 5.41. The Morgan fingerprint density at radius 1 is 1.24 bits per heavy atom. The van der Waals surface area contributed by atoms with E-state index in [0.29, 0.717) is 6.54 Å². The van der Waals surface area contributed by atoms with E-state index in [-0.39, 0.29) is 18.1 Å². The fraction of sp³-hybridized carbons (Fsp3) is 0.917. The molecule has 5 heteroatoms. The van der Waals surface area contributed by atoms with Crippen molar-refractivity contribution >= 4 is 5.91 Å². The standard InChI is InChI=1S/C12H25N3O2/c1-12(2,3)17-10-11(16)15-8-6-14(5-4-13)7-9-15/h4-10,13H2,1-3H3. The van der Waals surface area contributed by atoms with Crippen LogP contribution in [0.15, 0.2) is 0 Å². The van der Waals surface area contributed by atoms with Crippen LogP contribution in [0.2, 0.25) is 0 Å². The zero-order valence-electron chi connectivity index (χ0n) is 11.2. The summed E-state index contributed by atoms with van der Waals surface area (Å²) in [7, 11) is 0. The van der Waals surface area contributed by atoms with Crippen LogP contribution in [0.5, 0.6) is 0 Å². The van der Waals surface area contributed by atoms with E-state index in [1.54, 1.807) is 0 Å². The highest BCUT2D eigenvalue weighted by molar-refractivity contribution is 5.77. The molecule has 1 heterocycles. The molecule has 5 nitrogen and oxygen atoms in total. The predicted molar refractivity (Wildman–Crippen MR) is 67.8 cm³/mol. The van der Waals surface area contributed by atoms with E-state index in [1.807, 2.05) is 25.7 Å². The van der Waals surface area contributed by atoms with Gasteiger partial charge in [0.25, 0.3) is 0 Å². The first-order valence-electron chi connectivity index (χ1n) is 6.26. The molecule has 1 rings (SSSR count). The summed E-state index contributed by atoms with van der Waals surface area (Å²) in [5.74, 6) is 0.0901. The Hall–Kier alpha value is -0.650. The van der Waals surface area contributed by atoms with Crippen molar-refractivity contribution in [3.63, 3.8) is 0 Å². The lowest BCUT2D eigenvalue weighted by atomic mass is 10.2. The number of hydrogen-bond donors (Lipinski definition) is 1. The van der Waals surface area contributed by atoms with Gasteiger partial charge in [-0.05, 0) is 20.8 Å². The number of hydrogen-bond acceptors (Lipinski definition) is 4. The molecule has 1 aliphatic heterocycles. The van der Waals surface area contributed by atoms with Gasteiger partial charge < -0.3 is 15.4 Å². The molecule has 0 aromatic rings. The molecule has 2 N–H and O–H groups in total. The Morgan fingerprint density at radius 3 is 2.29 bits per heavy atom. The molecule has 0 radical (unpaired) electrons. The van der Waals surface area contributed by atoms with Gasteiger partial charge in [0, 0.05) is 39.3 Å². The number of nitrogens with zero attached hydrogens (tertiary/aromatic N) is 2. The minimum atomic E-state index is -0.253. The Bertz CT molecular complexity index is 243. The SMILES string of the molecule is CC(C)(C)OCC(=O)N1CCN(CCN)CC1. The molecule has 0 bridgehead atoms. The molecule has 1 aliphatic rings. The third-order valence-electron chi connectivity index (χ3n) is 2.80. The first-order chi connectivity index (χ1) is 7.92. The Labute approximate surface area is 104 Å². The summed E-state index contributed by atoms with van der Waals surface area (Å²) >= 11 is 0. The lowest BCUT2D eigenvalue weighted by Crippen LogP contribution is -2.50. The van der Waals surface area contributed by atoms with Crippen molar-refractivity contribution in [1.82, 2.24) is 9.80 Å². The smallest absolute Gasteiger partial charge is 0.248 e. The molecule has 17 heavy (non-hydrogen) atoms. The lowest BCUT2D eigenvalue weighted by Gasteiger charge is -2.35. The van der Waals surface area contributed by atoms with E-state index in [1.165, 1.54) is 0 Å². The van der Waals surface area contributed by atoms with E-state index in [2.05, 4.69) is 4.90 Å². The molecule has 1 fully saturated rings. The van der Waals surface area contributed by atoms with Crippen LogP contribution < -0.4 is 5.73 Å². The Kier molecular flexibility index (Phi) is 5.36. The monoisotopic (exact) mass is 243 g/mol. The van der Waals surface area contributed by atoms with Crippen LogP contribution >= 0.6 is 0 Å². The van der Waals surface area contributed by atoms with E-state index < -0.39 is 0 Å². The van der Waals surface area contributed by atoms with E-state index in [0.717, 1.165) is 32.7 Å². The molecule has 1 amide bonds. The highest BCUT2D eigenvalue weighted by atomic mass is 16.5. The molecular weight excluding hydrogens is 218 g/mol. The highest BCUT2D eigenvalue weighted by Gasteiger charge is 2.22. The number of nitrogens with two attached hydrogens (primary N) is 1. The normalized spacial score (nSPS) is 18.5. The van der Waals surface area contributed by atoms with E-state index >= 15 is 0 Å². The van der Waals surface area contributed by atoms with Gasteiger partial charge in [0.1, 0.15) is 6.61 Å². The molecule has 0 spiro atoms. The van der Waals surface area contributed by atoms with Gasteiger partial charge >= 0.3 is 0 Å². The number of ether oxygens (including phenoxy) is 1. The Morgan fingerprint density at radius 2 is 1.82 bits per heavy atom. The quantitative estimate of drug-likeness (QED) is 0.749. The van der Waals surface area contributed by atoms with E-state index in [4.69, 9.17) is 10.5 Å². The largest absolute Gasteiger partial charge is 0.366 e. The van der Waals surface area contributed by atoms with Crippen LogP contribution in [0, 0.1) is 0 Å². The average molecular weight is 243 g/mol. The zero-order valence-corrected chi connectivity index (χ0v) is 11.2. The highest BCUT2D eigenvalue weighted by Crippen LogP contribution is 2.08. The van der Waals surface area contributed by atoms with Crippen molar-refractivity contribution in [2.24, 2.45) is 5.73 Å². The van der Waals surface area contributed by atoms with Crippen molar-refractivity contribution in [2.75, 3.05) is 45.9 Å². The average Bonchev–Trinajstić information content (AvgIpc) is 2.26. The van der Waals surface area contributed by atoms with Gasteiger partial charge in [-0.1, -0.05) is 0 Å². The maximum absolute atomic E-state index is 11.9. The van der Waals surface area contributed by atoms with Gasteiger partial charge in [0.2, 0.25) is 5.91 Å². The third kappa shape index (κ3) is 5.48. The second-order valence-electron chi connectivity index (χ2n) is 5.41. The van der Waals surface area contributed by atoms with Gasteiger partial charge in [-0.2, -0.15) is 0 Å². The summed E-state index contributed by atoms with van der Waals surface area (Å²) in [6.07, 6.45) is 0. The third-order valence-corrected chi connectivity index (χ3v) is 2.80. The van der Waals surface area contributed by atoms with Gasteiger partial charge in [-0.25, -0.2) is 0 Å². The van der Waals surface area contributed by atoms with Gasteiger partial charge in [-0.3, -0.25) is 9.69 Å². The Balaban J connectivity index is 2.26. The van der Waals surface area contributed by atoms with Crippen LogP contribution in [0.3, 0.4) is 0 Å². The van der Waals surface area contributed by atoms with Crippen LogP contribution in [0.25, 0.3) is 0 Å². The number of carbonyl (C=O) groups excluding carboxylic acids is 1. The zero-order chi connectivity index (χ0) is 12.9. The van der Waals surface area contributed by atoms with Crippen LogP contribution in [0.1, 0.15) is 20.8 Å². The molecule has 1 saturated heterocycles. The summed E-state index contributed by atoms with van der Waals surface area (Å²) in [6, 6.07) is 0. The lowest BCUT2D eigenvalue weighted by molar-refractivity contribution is -0.142. The fourth-order valence-corrected chi connectivity index (χ4v) is 1.77. The van der Waals surface area contributed by atoms with Crippen molar-refractivity contribution in [3.05, 3.63) is 0 Å². The van der Waals surface area contributed by atoms with Crippen LogP contribution in [0.4, 0.5) is 0 Å². The molecule has 0 saturated carbocycles. The summed E-state index contributed by atoms with van der Waals surface area (Å²) in [4.78, 5) is 16.0. The summed E-state index contributed by atoms with van der Waals surface area (Å²) in [6.45, 7) is 11.1. The minimum absolute atomic E-state index is 0.0901. The van der Waals surface area contributed by atoms with Crippen molar-refractivity contribution in [3.8, 4) is 0 Å². The summed E-state index contributed by atoms with van der Waals surface area (Å²) < 4.78 is 5.49. The fourth-order valence-electron chi connectivity index (χ4n) is 1.77. The summed E-state index contributed by atoms with van der Waals surface area (Å²) in [5, 5.41) is 0. The molecule has 0 aliphatic carbocycles. The molecule has 0 unspecified atom stereocenters. The summed E-state index contributed by atoms with van der Waals surface area (Å²) in [5.41, 5.74) is 5.25. The van der Waals surface area contributed by atoms with Crippen LogP contribution in [-0.4, -0.2) is 67.2 Å². The number of amides is 1. The molecule has 0 atom stereocenters. The van der Waals surface area contributed by atoms with E-state index in [9.17, 15) is 4.79 Å². The van der Waals surface area contributed by atoms with Crippen molar-refractivity contribution in [2.45, 2.75) is 26.4 Å².